The number of allylic oxidation sites excluding steroid dienone is 2. The Morgan fingerprint density at radius 3 is 1.95 bits per heavy atom. The number of hydrogen-bond acceptors (Lipinski definition) is 1. The van der Waals surface area contributed by atoms with Crippen molar-refractivity contribution in [2.75, 3.05) is 7.05 Å². The lowest BCUT2D eigenvalue weighted by molar-refractivity contribution is 0.187. The van der Waals surface area contributed by atoms with Crippen LogP contribution in [0.2, 0.25) is 0 Å². The zero-order valence-electron chi connectivity index (χ0n) is 13.7. The first-order valence-corrected chi connectivity index (χ1v) is 7.92. The third-order valence-corrected chi connectivity index (χ3v) is 4.85. The van der Waals surface area contributed by atoms with E-state index in [9.17, 15) is 0 Å². The Morgan fingerprint density at radius 2 is 1.53 bits per heavy atom. The molecule has 0 saturated heterocycles. The summed E-state index contributed by atoms with van der Waals surface area (Å²) in [6, 6.07) is 0.707. The molecule has 0 N–H and O–H groups in total. The van der Waals surface area contributed by atoms with E-state index in [4.69, 9.17) is 0 Å². The second-order valence-corrected chi connectivity index (χ2v) is 6.95. The average Bonchev–Trinajstić information content (AvgIpc) is 2.37. The molecule has 0 radical (unpaired) electrons. The van der Waals surface area contributed by atoms with Crippen LogP contribution in [0, 0.1) is 17.8 Å². The summed E-state index contributed by atoms with van der Waals surface area (Å²) in [6.07, 6.45) is 6.58. The summed E-state index contributed by atoms with van der Waals surface area (Å²) in [6.45, 7) is 17.4. The van der Waals surface area contributed by atoms with Crippen molar-refractivity contribution in [3.8, 4) is 0 Å². The molecule has 1 heteroatoms. The molecule has 110 valence electrons. The van der Waals surface area contributed by atoms with Crippen LogP contribution in [-0.2, 0) is 0 Å². The molecule has 0 aromatic carbocycles. The van der Waals surface area contributed by atoms with E-state index in [0.717, 1.165) is 5.92 Å². The normalized spacial score (nSPS) is 23.7. The lowest BCUT2D eigenvalue weighted by Gasteiger charge is -2.38. The van der Waals surface area contributed by atoms with Gasteiger partial charge in [-0.3, -0.25) is 0 Å². The summed E-state index contributed by atoms with van der Waals surface area (Å²) in [7, 11) is 2.22. The van der Waals surface area contributed by atoms with Crippen LogP contribution in [0.1, 0.15) is 59.8 Å². The van der Waals surface area contributed by atoms with Crippen LogP contribution in [0.15, 0.2) is 24.4 Å². The minimum atomic E-state index is 0.559. The van der Waals surface area contributed by atoms with Crippen molar-refractivity contribution >= 4 is 0 Å². The van der Waals surface area contributed by atoms with Crippen LogP contribution < -0.4 is 0 Å². The van der Waals surface area contributed by atoms with Gasteiger partial charge in [-0.2, -0.15) is 0 Å². The molecule has 1 rings (SSSR count). The molecule has 0 aromatic heterocycles. The molecule has 1 saturated carbocycles. The zero-order valence-corrected chi connectivity index (χ0v) is 13.7. The molecule has 0 aliphatic heterocycles. The van der Waals surface area contributed by atoms with Crippen LogP contribution in [0.5, 0.6) is 0 Å². The molecular formula is C18H33N. The third-order valence-electron chi connectivity index (χ3n) is 4.85. The van der Waals surface area contributed by atoms with E-state index in [1.54, 1.807) is 0 Å². The maximum Gasteiger partial charge on any atom is 0.0283 e. The van der Waals surface area contributed by atoms with Gasteiger partial charge in [-0.15, -0.1) is 0 Å². The van der Waals surface area contributed by atoms with Crippen LogP contribution in [0.4, 0.5) is 0 Å². The highest BCUT2D eigenvalue weighted by Crippen LogP contribution is 2.33. The Morgan fingerprint density at radius 1 is 1.00 bits per heavy atom. The van der Waals surface area contributed by atoms with E-state index in [1.165, 1.54) is 43.4 Å². The summed E-state index contributed by atoms with van der Waals surface area (Å²) in [5, 5.41) is 0. The van der Waals surface area contributed by atoms with Crippen LogP contribution in [-0.4, -0.2) is 18.0 Å². The predicted octanol–water partition coefficient (Wildman–Crippen LogP) is 5.25. The van der Waals surface area contributed by atoms with Gasteiger partial charge in [0.05, 0.1) is 0 Å². The van der Waals surface area contributed by atoms with Gasteiger partial charge in [0.15, 0.2) is 0 Å². The average molecular weight is 263 g/mol. The molecule has 19 heavy (non-hydrogen) atoms. The summed E-state index contributed by atoms with van der Waals surface area (Å²) in [5.74, 6) is 2.07. The highest BCUT2D eigenvalue weighted by molar-refractivity contribution is 5.02. The molecule has 0 bridgehead atoms. The van der Waals surface area contributed by atoms with E-state index in [1.807, 2.05) is 0 Å². The first-order valence-electron chi connectivity index (χ1n) is 7.92. The smallest absolute Gasteiger partial charge is 0.0283 e. The van der Waals surface area contributed by atoms with E-state index in [0.29, 0.717) is 17.9 Å². The van der Waals surface area contributed by atoms with Crippen LogP contribution >= 0.6 is 0 Å². The SMILES string of the molecule is C=C(CC1CCC(N(C)C(=C)C(C)C)CC1)C(C)C. The fourth-order valence-corrected chi connectivity index (χ4v) is 2.98. The summed E-state index contributed by atoms with van der Waals surface area (Å²) >= 11 is 0. The van der Waals surface area contributed by atoms with Gasteiger partial charge in [0, 0.05) is 18.8 Å². The van der Waals surface area contributed by atoms with Gasteiger partial charge >= 0.3 is 0 Å². The molecule has 0 amide bonds. The molecule has 1 fully saturated rings. The molecule has 1 aliphatic rings. The quantitative estimate of drug-likeness (QED) is 0.592. The van der Waals surface area contributed by atoms with Crippen molar-refractivity contribution in [1.29, 1.82) is 0 Å². The zero-order chi connectivity index (χ0) is 14.6. The maximum atomic E-state index is 4.23. The van der Waals surface area contributed by atoms with E-state index in [-0.39, 0.29) is 0 Å². The van der Waals surface area contributed by atoms with Gasteiger partial charge in [0.2, 0.25) is 0 Å². The van der Waals surface area contributed by atoms with E-state index in [2.05, 4.69) is 52.8 Å². The van der Waals surface area contributed by atoms with Crippen molar-refractivity contribution in [2.24, 2.45) is 17.8 Å². The Labute approximate surface area is 120 Å². The number of nitrogens with zero attached hydrogens (tertiary/aromatic N) is 1. The van der Waals surface area contributed by atoms with E-state index < -0.39 is 0 Å². The Balaban J connectivity index is 2.40. The first kappa shape index (κ1) is 16.3. The molecule has 0 aromatic rings. The number of rotatable bonds is 6. The summed E-state index contributed by atoms with van der Waals surface area (Å²) < 4.78 is 0. The second kappa shape index (κ2) is 7.17. The fourth-order valence-electron chi connectivity index (χ4n) is 2.98. The number of hydrogen-bond donors (Lipinski definition) is 0. The molecule has 0 spiro atoms. The molecule has 0 unspecified atom stereocenters. The highest BCUT2D eigenvalue weighted by Gasteiger charge is 2.25. The van der Waals surface area contributed by atoms with E-state index >= 15 is 0 Å². The summed E-state index contributed by atoms with van der Waals surface area (Å²) in [5.41, 5.74) is 2.72. The maximum absolute atomic E-state index is 4.23. The van der Waals surface area contributed by atoms with Gasteiger partial charge in [0.25, 0.3) is 0 Å². The predicted molar refractivity (Wildman–Crippen MR) is 86.1 cm³/mol. The first-order chi connectivity index (χ1) is 8.82. The molecule has 0 heterocycles. The van der Waals surface area contributed by atoms with Crippen LogP contribution in [0.25, 0.3) is 0 Å². The van der Waals surface area contributed by atoms with Crippen molar-refractivity contribution in [3.63, 3.8) is 0 Å². The molecule has 0 atom stereocenters. The molecule has 1 aliphatic carbocycles. The standard InChI is InChI=1S/C18H33N/c1-13(2)15(5)12-17-8-10-18(11-9-17)19(7)16(6)14(3)4/h13-14,17-18H,5-6,8-12H2,1-4,7H3. The Bertz CT molecular complexity index is 306. The van der Waals surface area contributed by atoms with Crippen molar-refractivity contribution < 1.29 is 0 Å². The topological polar surface area (TPSA) is 3.24 Å². The monoisotopic (exact) mass is 263 g/mol. The minimum Gasteiger partial charge on any atom is -0.375 e. The van der Waals surface area contributed by atoms with Gasteiger partial charge in [-0.1, -0.05) is 46.4 Å². The van der Waals surface area contributed by atoms with Crippen molar-refractivity contribution in [3.05, 3.63) is 24.4 Å². The lowest BCUT2D eigenvalue weighted by atomic mass is 9.80. The van der Waals surface area contributed by atoms with Gasteiger partial charge in [-0.05, 0) is 49.9 Å². The molecule has 1 nitrogen and oxygen atoms in total. The Kier molecular flexibility index (Phi) is 6.16. The van der Waals surface area contributed by atoms with Crippen molar-refractivity contribution in [2.45, 2.75) is 65.8 Å². The lowest BCUT2D eigenvalue weighted by Crippen LogP contribution is -2.35. The van der Waals surface area contributed by atoms with Gasteiger partial charge in [0.1, 0.15) is 0 Å². The third kappa shape index (κ3) is 4.71. The highest BCUT2D eigenvalue weighted by atomic mass is 15.1. The largest absolute Gasteiger partial charge is 0.375 e. The fraction of sp³-hybridized carbons (Fsp3) is 0.778. The second-order valence-electron chi connectivity index (χ2n) is 6.95. The van der Waals surface area contributed by atoms with Crippen LogP contribution in [0.3, 0.4) is 0 Å². The Hall–Kier alpha value is -0.720. The summed E-state index contributed by atoms with van der Waals surface area (Å²) in [4.78, 5) is 2.43. The minimum absolute atomic E-state index is 0.559. The van der Waals surface area contributed by atoms with Gasteiger partial charge < -0.3 is 4.90 Å². The molecular weight excluding hydrogens is 230 g/mol. The van der Waals surface area contributed by atoms with Crippen molar-refractivity contribution in [1.82, 2.24) is 4.90 Å². The van der Waals surface area contributed by atoms with Gasteiger partial charge in [-0.25, -0.2) is 0 Å².